The Hall–Kier alpha value is -0.617. The van der Waals surface area contributed by atoms with Crippen LogP contribution in [0, 0.1) is 18.1 Å². The minimum atomic E-state index is 0. The standard InChI is InChI=1S/C13H9.C9H13.2ClH.Zr/c1-3-7-12-10(5-1)9-11-6-2-4-8-13(11)12;1-3-8-5-6-9(4-2)7-8;;;/h1-5,7-8H,9H2;5-6,8H,3-4H2,1-2H3;2*1H;/q2*-1;;;+4/p-2. The molecule has 2 aromatic rings. The summed E-state index contributed by atoms with van der Waals surface area (Å²) in [6.45, 7) is 4.37. The van der Waals surface area contributed by atoms with Gasteiger partial charge in [-0.1, -0.05) is 68.0 Å². The fraction of sp³-hybridized carbons (Fsp3) is 0.273. The van der Waals surface area contributed by atoms with Gasteiger partial charge in [0.25, 0.3) is 0 Å². The second-order valence-electron chi connectivity index (χ2n) is 5.79. The van der Waals surface area contributed by atoms with E-state index in [1.807, 2.05) is 6.07 Å². The number of halogens is 2. The maximum absolute atomic E-state index is 3.40. The molecule has 2 aromatic carbocycles. The van der Waals surface area contributed by atoms with Gasteiger partial charge in [0.15, 0.2) is 0 Å². The van der Waals surface area contributed by atoms with Crippen molar-refractivity contribution in [2.24, 2.45) is 5.92 Å². The topological polar surface area (TPSA) is 0 Å². The minimum Gasteiger partial charge on any atom is -1.00 e. The van der Waals surface area contributed by atoms with E-state index >= 15 is 0 Å². The van der Waals surface area contributed by atoms with Crippen LogP contribution in [-0.2, 0) is 32.6 Å². The largest absolute Gasteiger partial charge is 4.00 e. The number of rotatable bonds is 2. The number of allylic oxidation sites excluding steroid dienone is 4. The van der Waals surface area contributed by atoms with Gasteiger partial charge >= 0.3 is 26.2 Å². The molecule has 0 aliphatic heterocycles. The SMILES string of the molecule is CCC1=[C-]C(CC)C=C1.[Cl-].[Cl-].[Zr+4].[c-]1cccc2c1Cc1ccccc1-2. The fourth-order valence-electron chi connectivity index (χ4n) is 3.02. The summed E-state index contributed by atoms with van der Waals surface area (Å²) < 4.78 is 0. The molecule has 0 N–H and O–H groups in total. The predicted molar refractivity (Wildman–Crippen MR) is 93.5 cm³/mol. The number of fused-ring (bicyclic) bond motifs is 3. The van der Waals surface area contributed by atoms with E-state index in [1.165, 1.54) is 34.2 Å². The molecule has 0 bridgehead atoms. The molecule has 4 rings (SSSR count). The average molecular weight is 449 g/mol. The van der Waals surface area contributed by atoms with E-state index < -0.39 is 0 Å². The van der Waals surface area contributed by atoms with Gasteiger partial charge in [-0.2, -0.15) is 35.9 Å². The number of hydrogen-bond acceptors (Lipinski definition) is 0. The van der Waals surface area contributed by atoms with Crippen molar-refractivity contribution >= 4 is 0 Å². The van der Waals surface area contributed by atoms with Crippen molar-refractivity contribution in [2.75, 3.05) is 0 Å². The van der Waals surface area contributed by atoms with Crippen LogP contribution in [0.1, 0.15) is 37.8 Å². The Labute approximate surface area is 183 Å². The molecule has 0 heterocycles. The van der Waals surface area contributed by atoms with E-state index in [0.29, 0.717) is 5.92 Å². The molecule has 25 heavy (non-hydrogen) atoms. The van der Waals surface area contributed by atoms with Crippen molar-refractivity contribution in [2.45, 2.75) is 33.1 Å². The Morgan fingerprint density at radius 2 is 1.72 bits per heavy atom. The number of benzene rings is 2. The van der Waals surface area contributed by atoms with Crippen LogP contribution >= 0.6 is 0 Å². The van der Waals surface area contributed by atoms with E-state index in [1.54, 1.807) is 0 Å². The predicted octanol–water partition coefficient (Wildman–Crippen LogP) is -0.215. The molecule has 0 amide bonds. The first-order chi connectivity index (χ1) is 10.8. The summed E-state index contributed by atoms with van der Waals surface area (Å²) in [7, 11) is 0. The van der Waals surface area contributed by atoms with Crippen molar-refractivity contribution in [3.8, 4) is 11.1 Å². The van der Waals surface area contributed by atoms with E-state index in [2.05, 4.69) is 74.5 Å². The van der Waals surface area contributed by atoms with Gasteiger partial charge in [-0.15, -0.1) is 5.56 Å². The average Bonchev–Trinajstić information content (AvgIpc) is 3.19. The first-order valence-corrected chi connectivity index (χ1v) is 8.20. The van der Waals surface area contributed by atoms with Crippen LogP contribution in [0.5, 0.6) is 0 Å². The normalized spacial score (nSPS) is 15.3. The van der Waals surface area contributed by atoms with Crippen molar-refractivity contribution in [1.29, 1.82) is 0 Å². The van der Waals surface area contributed by atoms with Gasteiger partial charge in [0, 0.05) is 0 Å². The molecule has 2 aliphatic rings. The van der Waals surface area contributed by atoms with Crippen LogP contribution in [0.3, 0.4) is 0 Å². The second kappa shape index (κ2) is 11.9. The third kappa shape index (κ3) is 5.95. The zero-order valence-corrected chi connectivity index (χ0v) is 18.6. The molecule has 1 atom stereocenters. The van der Waals surface area contributed by atoms with Gasteiger partial charge in [-0.3, -0.25) is 6.08 Å². The van der Waals surface area contributed by atoms with Gasteiger partial charge in [0.2, 0.25) is 0 Å². The zero-order valence-electron chi connectivity index (χ0n) is 14.7. The van der Waals surface area contributed by atoms with Crippen molar-refractivity contribution in [3.05, 3.63) is 83.5 Å². The molecule has 0 spiro atoms. The first kappa shape index (κ1) is 24.4. The zero-order chi connectivity index (χ0) is 15.4. The second-order valence-corrected chi connectivity index (χ2v) is 5.79. The molecule has 2 aliphatic carbocycles. The molecular weight excluding hydrogens is 426 g/mol. The Kier molecular flexibility index (Phi) is 11.6. The van der Waals surface area contributed by atoms with Gasteiger partial charge in [-0.05, 0) is 6.42 Å². The third-order valence-electron chi connectivity index (χ3n) is 4.34. The van der Waals surface area contributed by atoms with E-state index in [-0.39, 0.29) is 51.0 Å². The van der Waals surface area contributed by atoms with Gasteiger partial charge in [0.1, 0.15) is 0 Å². The summed E-state index contributed by atoms with van der Waals surface area (Å²) in [6, 6.07) is 18.1. The van der Waals surface area contributed by atoms with Crippen LogP contribution in [0.4, 0.5) is 0 Å². The van der Waals surface area contributed by atoms with Gasteiger partial charge < -0.3 is 24.8 Å². The fourth-order valence-corrected chi connectivity index (χ4v) is 3.02. The van der Waals surface area contributed by atoms with E-state index in [9.17, 15) is 0 Å². The Balaban J connectivity index is 0.000000435. The van der Waals surface area contributed by atoms with Gasteiger partial charge in [0.05, 0.1) is 0 Å². The molecule has 3 heteroatoms. The molecule has 1 unspecified atom stereocenters. The van der Waals surface area contributed by atoms with Gasteiger partial charge in [-0.25, -0.2) is 11.6 Å². The monoisotopic (exact) mass is 446 g/mol. The smallest absolute Gasteiger partial charge is 1.00 e. The van der Waals surface area contributed by atoms with Crippen molar-refractivity contribution in [1.82, 2.24) is 0 Å². The Bertz CT molecular complexity index is 676. The molecule has 0 fully saturated rings. The molecular formula is C22H22Cl2Zr. The van der Waals surface area contributed by atoms with Crippen LogP contribution in [0.15, 0.2) is 60.2 Å². The van der Waals surface area contributed by atoms with Crippen molar-refractivity contribution < 1.29 is 51.0 Å². The van der Waals surface area contributed by atoms with Crippen LogP contribution in [0.25, 0.3) is 11.1 Å². The molecule has 128 valence electrons. The Morgan fingerprint density at radius 1 is 1.00 bits per heavy atom. The molecule has 0 radical (unpaired) electrons. The van der Waals surface area contributed by atoms with E-state index in [4.69, 9.17) is 0 Å². The van der Waals surface area contributed by atoms with Crippen LogP contribution < -0.4 is 24.8 Å². The molecule has 0 aromatic heterocycles. The maximum Gasteiger partial charge on any atom is 4.00 e. The summed E-state index contributed by atoms with van der Waals surface area (Å²) in [4.78, 5) is 0. The molecule has 0 saturated carbocycles. The van der Waals surface area contributed by atoms with Crippen LogP contribution in [-0.4, -0.2) is 0 Å². The summed E-state index contributed by atoms with van der Waals surface area (Å²) in [5.74, 6) is 0.611. The molecule has 0 saturated heterocycles. The minimum absolute atomic E-state index is 0. The molecule has 0 nitrogen and oxygen atoms in total. The summed E-state index contributed by atoms with van der Waals surface area (Å²) in [5.41, 5.74) is 6.89. The summed E-state index contributed by atoms with van der Waals surface area (Å²) in [5, 5.41) is 0. The van der Waals surface area contributed by atoms with Crippen LogP contribution in [0.2, 0.25) is 0 Å². The summed E-state index contributed by atoms with van der Waals surface area (Å²) in [6.07, 6.45) is 11.2. The summed E-state index contributed by atoms with van der Waals surface area (Å²) >= 11 is 0. The third-order valence-corrected chi connectivity index (χ3v) is 4.34. The Morgan fingerprint density at radius 3 is 2.36 bits per heavy atom. The van der Waals surface area contributed by atoms with E-state index in [0.717, 1.165) is 12.8 Å². The maximum atomic E-state index is 3.40. The number of hydrogen-bond donors (Lipinski definition) is 0. The van der Waals surface area contributed by atoms with Crippen molar-refractivity contribution in [3.63, 3.8) is 0 Å². The first-order valence-electron chi connectivity index (χ1n) is 8.20. The quantitative estimate of drug-likeness (QED) is 0.476.